The van der Waals surface area contributed by atoms with E-state index in [0.717, 1.165) is 21.7 Å². The fourth-order valence-corrected chi connectivity index (χ4v) is 3.85. The summed E-state index contributed by atoms with van der Waals surface area (Å²) in [5, 5.41) is 8.00. The molecule has 1 amide bonds. The number of methoxy groups -OCH3 is 1. The molecule has 4 rings (SSSR count). The summed E-state index contributed by atoms with van der Waals surface area (Å²) in [5.41, 5.74) is 2.60. The van der Waals surface area contributed by atoms with Gasteiger partial charge in [-0.15, -0.1) is 0 Å². The molecule has 0 aliphatic carbocycles. The zero-order valence-electron chi connectivity index (χ0n) is 16.1. The van der Waals surface area contributed by atoms with Crippen molar-refractivity contribution in [3.05, 3.63) is 65.4 Å². The lowest BCUT2D eigenvalue weighted by Gasteiger charge is -2.07. The number of hydrogen-bond donors (Lipinski definition) is 1. The fraction of sp³-hybridized carbons (Fsp3) is 0.143. The average Bonchev–Trinajstić information content (AvgIpc) is 3.30. The molecular formula is C21H18N4O3S. The van der Waals surface area contributed by atoms with Crippen molar-refractivity contribution in [1.29, 1.82) is 0 Å². The Kier molecular flexibility index (Phi) is 4.85. The normalized spacial score (nSPS) is 10.9. The van der Waals surface area contributed by atoms with E-state index in [-0.39, 0.29) is 11.7 Å². The first-order chi connectivity index (χ1) is 13.9. The Labute approximate surface area is 171 Å². The minimum Gasteiger partial charge on any atom is -0.497 e. The van der Waals surface area contributed by atoms with Crippen LogP contribution in [0.4, 0.5) is 5.82 Å². The van der Waals surface area contributed by atoms with Gasteiger partial charge in [-0.3, -0.25) is 9.59 Å². The molecule has 146 valence electrons. The zero-order chi connectivity index (χ0) is 20.5. The van der Waals surface area contributed by atoms with Crippen LogP contribution in [0, 0.1) is 6.92 Å². The second-order valence-electron chi connectivity index (χ2n) is 6.50. The summed E-state index contributed by atoms with van der Waals surface area (Å²) >= 11 is 1.46. The van der Waals surface area contributed by atoms with E-state index in [4.69, 9.17) is 4.74 Å². The van der Waals surface area contributed by atoms with Gasteiger partial charge in [-0.05, 0) is 44.2 Å². The number of nitrogens with zero attached hydrogens (tertiary/aromatic N) is 3. The molecule has 2 aromatic heterocycles. The third-order valence-electron chi connectivity index (χ3n) is 4.39. The van der Waals surface area contributed by atoms with Crippen molar-refractivity contribution in [2.75, 3.05) is 12.4 Å². The summed E-state index contributed by atoms with van der Waals surface area (Å²) in [6.45, 7) is 3.34. The van der Waals surface area contributed by atoms with Gasteiger partial charge in [0.1, 0.15) is 11.6 Å². The maximum atomic E-state index is 12.7. The smallest absolute Gasteiger partial charge is 0.256 e. The van der Waals surface area contributed by atoms with Gasteiger partial charge in [0.05, 0.1) is 23.0 Å². The van der Waals surface area contributed by atoms with Crippen LogP contribution in [-0.2, 0) is 0 Å². The molecule has 0 saturated carbocycles. The molecule has 0 aliphatic heterocycles. The van der Waals surface area contributed by atoms with Crippen LogP contribution in [0.3, 0.4) is 0 Å². The van der Waals surface area contributed by atoms with Gasteiger partial charge in [0.25, 0.3) is 5.91 Å². The van der Waals surface area contributed by atoms with Crippen LogP contribution in [0.5, 0.6) is 5.75 Å². The summed E-state index contributed by atoms with van der Waals surface area (Å²) in [6, 6.07) is 14.0. The lowest BCUT2D eigenvalue weighted by molar-refractivity contribution is 0.100. The molecule has 8 heteroatoms. The summed E-state index contributed by atoms with van der Waals surface area (Å²) in [6.07, 6.45) is 0. The van der Waals surface area contributed by atoms with E-state index >= 15 is 0 Å². The number of hydrogen-bond acceptors (Lipinski definition) is 6. The predicted molar refractivity (Wildman–Crippen MR) is 112 cm³/mol. The second-order valence-corrected chi connectivity index (χ2v) is 7.51. The number of ketones is 1. The molecule has 29 heavy (non-hydrogen) atoms. The molecule has 0 bridgehead atoms. The topological polar surface area (TPSA) is 86.1 Å². The van der Waals surface area contributed by atoms with Gasteiger partial charge < -0.3 is 10.1 Å². The predicted octanol–water partition coefficient (Wildman–Crippen LogP) is 4.25. The molecule has 1 N–H and O–H groups in total. The Balaban J connectivity index is 1.64. The number of anilines is 1. The molecule has 0 radical (unpaired) electrons. The monoisotopic (exact) mass is 406 g/mol. The maximum absolute atomic E-state index is 12.7. The molecule has 0 aliphatic rings. The molecular weight excluding hydrogens is 388 g/mol. The third-order valence-corrected chi connectivity index (χ3v) is 5.39. The number of nitrogens with one attached hydrogen (secondary N) is 1. The van der Waals surface area contributed by atoms with Crippen LogP contribution in [0.2, 0.25) is 0 Å². The van der Waals surface area contributed by atoms with Gasteiger partial charge >= 0.3 is 0 Å². The van der Waals surface area contributed by atoms with E-state index in [1.54, 1.807) is 42.1 Å². The van der Waals surface area contributed by atoms with Gasteiger partial charge in [0.2, 0.25) is 5.13 Å². The van der Waals surface area contributed by atoms with Crippen molar-refractivity contribution >= 4 is 39.1 Å². The highest BCUT2D eigenvalue weighted by Gasteiger charge is 2.16. The molecule has 7 nitrogen and oxygen atoms in total. The average molecular weight is 406 g/mol. The largest absolute Gasteiger partial charge is 0.497 e. The summed E-state index contributed by atoms with van der Waals surface area (Å²) < 4.78 is 7.85. The van der Waals surface area contributed by atoms with E-state index < -0.39 is 0 Å². The van der Waals surface area contributed by atoms with E-state index in [1.165, 1.54) is 18.3 Å². The molecule has 0 saturated heterocycles. The quantitative estimate of drug-likeness (QED) is 0.501. The van der Waals surface area contributed by atoms with Crippen molar-refractivity contribution in [2.24, 2.45) is 0 Å². The van der Waals surface area contributed by atoms with Crippen LogP contribution in [0.1, 0.15) is 33.3 Å². The number of Topliss-reactive ketones (excluding diaryl/α,β-unsaturated/α-hetero) is 1. The lowest BCUT2D eigenvalue weighted by Crippen LogP contribution is -2.15. The molecule has 0 atom stereocenters. The SMILES string of the molecule is COc1ccc2nc(-n3nc(C)cc3NC(=O)c3ccc(C(C)=O)cc3)sc2c1. The van der Waals surface area contributed by atoms with Gasteiger partial charge in [0.15, 0.2) is 5.78 Å². The van der Waals surface area contributed by atoms with Crippen molar-refractivity contribution in [1.82, 2.24) is 14.8 Å². The number of thiazole rings is 1. The van der Waals surface area contributed by atoms with Crippen LogP contribution in [-0.4, -0.2) is 33.6 Å². The Morgan fingerprint density at radius 1 is 1.07 bits per heavy atom. The van der Waals surface area contributed by atoms with Crippen LogP contribution in [0.15, 0.2) is 48.5 Å². The molecule has 2 aromatic carbocycles. The number of amides is 1. The Bertz CT molecular complexity index is 1220. The highest BCUT2D eigenvalue weighted by atomic mass is 32.1. The third kappa shape index (κ3) is 3.74. The van der Waals surface area contributed by atoms with Crippen molar-refractivity contribution in [3.8, 4) is 10.9 Å². The van der Waals surface area contributed by atoms with Gasteiger partial charge in [-0.2, -0.15) is 9.78 Å². The van der Waals surface area contributed by atoms with Crippen LogP contribution >= 0.6 is 11.3 Å². The Morgan fingerprint density at radius 3 is 2.48 bits per heavy atom. The van der Waals surface area contributed by atoms with E-state index in [2.05, 4.69) is 15.4 Å². The molecule has 2 heterocycles. The van der Waals surface area contributed by atoms with Crippen molar-refractivity contribution in [2.45, 2.75) is 13.8 Å². The minimum atomic E-state index is -0.288. The Morgan fingerprint density at radius 2 is 1.79 bits per heavy atom. The van der Waals surface area contributed by atoms with E-state index in [9.17, 15) is 9.59 Å². The van der Waals surface area contributed by atoms with E-state index in [1.807, 2.05) is 25.1 Å². The minimum absolute atomic E-state index is 0.0434. The number of aryl methyl sites for hydroxylation is 1. The number of carbonyl (C=O) groups is 2. The number of carbonyl (C=O) groups excluding carboxylic acids is 2. The van der Waals surface area contributed by atoms with E-state index in [0.29, 0.717) is 22.1 Å². The molecule has 0 fully saturated rings. The number of rotatable bonds is 5. The van der Waals surface area contributed by atoms with Gasteiger partial charge in [-0.25, -0.2) is 4.98 Å². The van der Waals surface area contributed by atoms with Gasteiger partial charge in [0, 0.05) is 17.2 Å². The number of fused-ring (bicyclic) bond motifs is 1. The highest BCUT2D eigenvalue weighted by molar-refractivity contribution is 7.20. The first-order valence-corrected chi connectivity index (χ1v) is 9.70. The van der Waals surface area contributed by atoms with Crippen molar-refractivity contribution in [3.63, 3.8) is 0 Å². The number of aromatic nitrogens is 3. The lowest BCUT2D eigenvalue weighted by atomic mass is 10.1. The van der Waals surface area contributed by atoms with Gasteiger partial charge in [-0.1, -0.05) is 23.5 Å². The molecule has 4 aromatic rings. The Hall–Kier alpha value is -3.52. The first kappa shape index (κ1) is 18.8. The molecule has 0 spiro atoms. The maximum Gasteiger partial charge on any atom is 0.256 e. The summed E-state index contributed by atoms with van der Waals surface area (Å²) in [7, 11) is 1.62. The van der Waals surface area contributed by atoms with Crippen molar-refractivity contribution < 1.29 is 14.3 Å². The van der Waals surface area contributed by atoms with Crippen LogP contribution in [0.25, 0.3) is 15.3 Å². The zero-order valence-corrected chi connectivity index (χ0v) is 16.9. The molecule has 0 unspecified atom stereocenters. The highest BCUT2D eigenvalue weighted by Crippen LogP contribution is 2.30. The standard InChI is InChI=1S/C21H18N4O3S/c1-12-10-19(23-20(27)15-6-4-14(5-7-15)13(2)26)25(24-12)21-22-17-9-8-16(28-3)11-18(17)29-21/h4-11H,1-3H3,(H,23,27). The summed E-state index contributed by atoms with van der Waals surface area (Å²) in [5.74, 6) is 0.947. The second kappa shape index (κ2) is 7.48. The first-order valence-electron chi connectivity index (χ1n) is 8.88. The fourth-order valence-electron chi connectivity index (χ4n) is 2.89. The summed E-state index contributed by atoms with van der Waals surface area (Å²) in [4.78, 5) is 28.7. The number of ether oxygens (including phenoxy) is 1. The number of benzene rings is 2. The van der Waals surface area contributed by atoms with Crippen LogP contribution < -0.4 is 10.1 Å².